The van der Waals surface area contributed by atoms with Crippen molar-refractivity contribution in [2.45, 2.75) is 44.7 Å². The molecule has 2 N–H and O–H groups in total. The standard InChI is InChI=1S/C30H34N4O4/c1-5-30(19-38-4)14-13-26(22-9-7-6-8-10-22)34(30)27(35)18-31-28(36)24-12-11-23(20(2)15-24)17-25-16-21(3)32-33-29(25)37/h5-12,15-16,26H,1,13-14,17-19H2,2-4H3,(H,31,36)(H,33,37)/t26-,30-/m0/s1. The summed E-state index contributed by atoms with van der Waals surface area (Å²) in [7, 11) is 1.61. The smallest absolute Gasteiger partial charge is 0.267 e. The highest BCUT2D eigenvalue weighted by molar-refractivity contribution is 5.97. The van der Waals surface area contributed by atoms with Crippen LogP contribution in [0.4, 0.5) is 0 Å². The second-order valence-corrected chi connectivity index (χ2v) is 9.83. The van der Waals surface area contributed by atoms with Crippen LogP contribution >= 0.6 is 0 Å². The number of methoxy groups -OCH3 is 1. The average Bonchev–Trinajstić information content (AvgIpc) is 3.30. The van der Waals surface area contributed by atoms with Crippen molar-refractivity contribution in [3.8, 4) is 0 Å². The molecule has 0 spiro atoms. The first-order chi connectivity index (χ1) is 18.3. The highest BCUT2D eigenvalue weighted by Gasteiger charge is 2.47. The van der Waals surface area contributed by atoms with E-state index >= 15 is 0 Å². The van der Waals surface area contributed by atoms with Gasteiger partial charge < -0.3 is 15.0 Å². The molecule has 2 heterocycles. The number of ether oxygens (including phenoxy) is 1. The lowest BCUT2D eigenvalue weighted by molar-refractivity contribution is -0.137. The molecule has 0 aliphatic carbocycles. The summed E-state index contributed by atoms with van der Waals surface area (Å²) < 4.78 is 5.48. The van der Waals surface area contributed by atoms with Crippen molar-refractivity contribution in [2.75, 3.05) is 20.3 Å². The molecule has 0 saturated carbocycles. The van der Waals surface area contributed by atoms with Gasteiger partial charge in [0, 0.05) is 24.7 Å². The summed E-state index contributed by atoms with van der Waals surface area (Å²) >= 11 is 0. The molecule has 3 aromatic rings. The Hall–Kier alpha value is -4.04. The zero-order valence-electron chi connectivity index (χ0n) is 22.1. The van der Waals surface area contributed by atoms with Gasteiger partial charge in [0.2, 0.25) is 5.91 Å². The molecule has 198 valence electrons. The molecule has 0 radical (unpaired) electrons. The fourth-order valence-electron chi connectivity index (χ4n) is 5.29. The number of likely N-dealkylation sites (tertiary alicyclic amines) is 1. The molecule has 8 heteroatoms. The van der Waals surface area contributed by atoms with E-state index in [-0.39, 0.29) is 30.0 Å². The molecular weight excluding hydrogens is 480 g/mol. The zero-order valence-corrected chi connectivity index (χ0v) is 22.1. The number of benzene rings is 2. The molecule has 1 aliphatic heterocycles. The summed E-state index contributed by atoms with van der Waals surface area (Å²) in [5.74, 6) is -0.528. The van der Waals surface area contributed by atoms with Gasteiger partial charge in [-0.15, -0.1) is 6.58 Å². The topological polar surface area (TPSA) is 104 Å². The number of carbonyl (C=O) groups is 2. The Morgan fingerprint density at radius 3 is 2.63 bits per heavy atom. The van der Waals surface area contributed by atoms with E-state index in [4.69, 9.17) is 4.74 Å². The summed E-state index contributed by atoms with van der Waals surface area (Å²) in [5.41, 5.74) is 3.79. The van der Waals surface area contributed by atoms with Gasteiger partial charge in [-0.2, -0.15) is 5.10 Å². The SMILES string of the molecule is C=C[C@@]1(COC)CC[C@@H](c2ccccc2)N1C(=O)CNC(=O)c1ccc(Cc2cc(C)n[nH]c2=O)c(C)c1. The molecule has 1 aromatic heterocycles. The van der Waals surface area contributed by atoms with Crippen molar-refractivity contribution < 1.29 is 14.3 Å². The Bertz CT molecular complexity index is 1380. The van der Waals surface area contributed by atoms with E-state index in [2.05, 4.69) is 22.1 Å². The average molecular weight is 515 g/mol. The minimum atomic E-state index is -0.640. The number of nitrogens with zero attached hydrogens (tertiary/aromatic N) is 2. The largest absolute Gasteiger partial charge is 0.382 e. The van der Waals surface area contributed by atoms with Gasteiger partial charge in [-0.1, -0.05) is 42.5 Å². The first-order valence-electron chi connectivity index (χ1n) is 12.7. The van der Waals surface area contributed by atoms with Gasteiger partial charge in [0.25, 0.3) is 11.5 Å². The Labute approximate surface area is 222 Å². The summed E-state index contributed by atoms with van der Waals surface area (Å²) in [6, 6.07) is 16.9. The quantitative estimate of drug-likeness (QED) is 0.424. The number of aromatic nitrogens is 2. The van der Waals surface area contributed by atoms with Crippen LogP contribution in [0.2, 0.25) is 0 Å². The number of H-pyrrole nitrogens is 1. The molecule has 8 nitrogen and oxygen atoms in total. The molecular formula is C30H34N4O4. The number of rotatable bonds is 9. The van der Waals surface area contributed by atoms with Crippen molar-refractivity contribution >= 4 is 11.8 Å². The second kappa shape index (κ2) is 11.6. The van der Waals surface area contributed by atoms with Crippen LogP contribution in [0.25, 0.3) is 0 Å². The summed E-state index contributed by atoms with van der Waals surface area (Å²) in [4.78, 5) is 40.5. The van der Waals surface area contributed by atoms with Gasteiger partial charge >= 0.3 is 0 Å². The van der Waals surface area contributed by atoms with Gasteiger partial charge in [0.05, 0.1) is 30.4 Å². The maximum Gasteiger partial charge on any atom is 0.267 e. The Morgan fingerprint density at radius 1 is 1.18 bits per heavy atom. The third-order valence-electron chi connectivity index (χ3n) is 7.26. The van der Waals surface area contributed by atoms with Crippen LogP contribution in [-0.4, -0.2) is 52.7 Å². The van der Waals surface area contributed by atoms with Gasteiger partial charge in [-0.25, -0.2) is 5.10 Å². The number of amides is 2. The molecule has 4 rings (SSSR count). The Morgan fingerprint density at radius 2 is 1.95 bits per heavy atom. The maximum absolute atomic E-state index is 13.6. The molecule has 38 heavy (non-hydrogen) atoms. The summed E-state index contributed by atoms with van der Waals surface area (Å²) in [5, 5.41) is 9.21. The third-order valence-corrected chi connectivity index (χ3v) is 7.26. The van der Waals surface area contributed by atoms with Gasteiger partial charge in [-0.3, -0.25) is 14.4 Å². The summed E-state index contributed by atoms with van der Waals surface area (Å²) in [6.45, 7) is 7.92. The lowest BCUT2D eigenvalue weighted by Crippen LogP contribution is -2.52. The predicted octanol–water partition coefficient (Wildman–Crippen LogP) is 3.64. The highest BCUT2D eigenvalue weighted by Crippen LogP contribution is 2.43. The highest BCUT2D eigenvalue weighted by atomic mass is 16.5. The van der Waals surface area contributed by atoms with Crippen molar-refractivity contribution in [1.82, 2.24) is 20.4 Å². The molecule has 1 saturated heterocycles. The number of hydrogen-bond acceptors (Lipinski definition) is 5. The number of carbonyl (C=O) groups excluding carboxylic acids is 2. The predicted molar refractivity (Wildman–Crippen MR) is 146 cm³/mol. The lowest BCUT2D eigenvalue weighted by atomic mass is 9.97. The Balaban J connectivity index is 1.48. The molecule has 2 aromatic carbocycles. The monoisotopic (exact) mass is 514 g/mol. The van der Waals surface area contributed by atoms with Crippen LogP contribution < -0.4 is 10.9 Å². The minimum absolute atomic E-state index is 0.129. The molecule has 0 unspecified atom stereocenters. The van der Waals surface area contributed by atoms with Crippen molar-refractivity contribution in [3.05, 3.63) is 111 Å². The van der Waals surface area contributed by atoms with E-state index in [1.54, 1.807) is 31.4 Å². The van der Waals surface area contributed by atoms with E-state index in [0.717, 1.165) is 35.2 Å². The van der Waals surface area contributed by atoms with E-state index in [9.17, 15) is 14.4 Å². The number of aromatic amines is 1. The van der Waals surface area contributed by atoms with E-state index in [0.29, 0.717) is 24.2 Å². The van der Waals surface area contributed by atoms with Crippen molar-refractivity contribution in [2.24, 2.45) is 0 Å². The second-order valence-electron chi connectivity index (χ2n) is 9.83. The first-order valence-corrected chi connectivity index (χ1v) is 12.7. The first kappa shape index (κ1) is 27.0. The van der Waals surface area contributed by atoms with Crippen LogP contribution in [0.1, 0.15) is 57.2 Å². The van der Waals surface area contributed by atoms with E-state index in [1.807, 2.05) is 55.1 Å². The molecule has 2 atom stereocenters. The number of nitrogens with one attached hydrogen (secondary N) is 2. The normalized spacial score (nSPS) is 18.8. The number of hydrogen-bond donors (Lipinski definition) is 2. The van der Waals surface area contributed by atoms with Crippen LogP contribution in [0.5, 0.6) is 0 Å². The van der Waals surface area contributed by atoms with E-state index < -0.39 is 5.54 Å². The fraction of sp³-hybridized carbons (Fsp3) is 0.333. The summed E-state index contributed by atoms with van der Waals surface area (Å²) in [6.07, 6.45) is 3.73. The van der Waals surface area contributed by atoms with Crippen LogP contribution in [0.15, 0.2) is 72.0 Å². The number of aryl methyl sites for hydroxylation is 2. The molecule has 2 amide bonds. The van der Waals surface area contributed by atoms with E-state index in [1.165, 1.54) is 0 Å². The zero-order chi connectivity index (χ0) is 27.3. The van der Waals surface area contributed by atoms with Crippen molar-refractivity contribution in [1.29, 1.82) is 0 Å². The van der Waals surface area contributed by atoms with Crippen LogP contribution in [0.3, 0.4) is 0 Å². The van der Waals surface area contributed by atoms with Gasteiger partial charge in [0.1, 0.15) is 0 Å². The van der Waals surface area contributed by atoms with Crippen LogP contribution in [-0.2, 0) is 16.0 Å². The third kappa shape index (κ3) is 5.60. The van der Waals surface area contributed by atoms with Crippen LogP contribution in [0, 0.1) is 13.8 Å². The minimum Gasteiger partial charge on any atom is -0.382 e. The Kier molecular flexibility index (Phi) is 8.22. The lowest BCUT2D eigenvalue weighted by Gasteiger charge is -2.39. The molecule has 0 bridgehead atoms. The molecule has 1 aliphatic rings. The maximum atomic E-state index is 13.6. The van der Waals surface area contributed by atoms with Gasteiger partial charge in [0.15, 0.2) is 0 Å². The fourth-order valence-corrected chi connectivity index (χ4v) is 5.29. The van der Waals surface area contributed by atoms with Crippen molar-refractivity contribution in [3.63, 3.8) is 0 Å². The van der Waals surface area contributed by atoms with Gasteiger partial charge in [-0.05, 0) is 61.6 Å². The molecule has 1 fully saturated rings.